The van der Waals surface area contributed by atoms with Crippen LogP contribution in [0.1, 0.15) is 10.4 Å². The number of aliphatic imine (C=N–C) groups is 1. The number of nitrogens with one attached hydrogen (secondary N) is 1. The third kappa shape index (κ3) is 3.79. The van der Waals surface area contributed by atoms with Crippen molar-refractivity contribution in [1.29, 1.82) is 0 Å². The molecule has 0 unspecified atom stereocenters. The number of benzene rings is 2. The average Bonchev–Trinajstić information content (AvgIpc) is 2.48. The predicted molar refractivity (Wildman–Crippen MR) is 81.4 cm³/mol. The fourth-order valence-electron chi connectivity index (χ4n) is 1.66. The predicted octanol–water partition coefficient (Wildman–Crippen LogP) is 2.35. The van der Waals surface area contributed by atoms with Crippen molar-refractivity contribution in [3.05, 3.63) is 64.2 Å². The van der Waals surface area contributed by atoms with Crippen LogP contribution >= 0.6 is 0 Å². The van der Waals surface area contributed by atoms with Crippen molar-refractivity contribution in [3.63, 3.8) is 0 Å². The van der Waals surface area contributed by atoms with Gasteiger partial charge in [-0.15, -0.1) is 0 Å². The highest BCUT2D eigenvalue weighted by atomic mass is 16.6. The van der Waals surface area contributed by atoms with Gasteiger partial charge < -0.3 is 16.2 Å². The molecule has 0 aliphatic rings. The third-order valence-electron chi connectivity index (χ3n) is 2.71. The zero-order chi connectivity index (χ0) is 16.1. The fourth-order valence-corrected chi connectivity index (χ4v) is 1.66. The maximum Gasteiger partial charge on any atom is 0.335 e. The normalized spacial score (nSPS) is 11.0. The molecule has 8 heteroatoms. The van der Waals surface area contributed by atoms with E-state index < -0.39 is 10.9 Å². The summed E-state index contributed by atoms with van der Waals surface area (Å²) >= 11 is 0. The lowest BCUT2D eigenvalue weighted by atomic mass is 10.2. The summed E-state index contributed by atoms with van der Waals surface area (Å²) in [4.78, 5) is 24.8. The first kappa shape index (κ1) is 15.0. The van der Waals surface area contributed by atoms with Crippen LogP contribution in [0.25, 0.3) is 0 Å². The molecule has 0 bridgehead atoms. The van der Waals surface area contributed by atoms with Crippen LogP contribution < -0.4 is 11.1 Å². The number of rotatable bonds is 4. The monoisotopic (exact) mass is 300 g/mol. The molecule has 0 aliphatic heterocycles. The van der Waals surface area contributed by atoms with E-state index in [0.29, 0.717) is 11.4 Å². The van der Waals surface area contributed by atoms with Crippen molar-refractivity contribution in [2.75, 3.05) is 5.32 Å². The van der Waals surface area contributed by atoms with Crippen LogP contribution in [-0.2, 0) is 0 Å². The number of nitrogens with zero attached hydrogens (tertiary/aromatic N) is 2. The molecule has 2 aromatic rings. The summed E-state index contributed by atoms with van der Waals surface area (Å²) in [6, 6.07) is 11.6. The maximum absolute atomic E-state index is 10.7. The molecule has 4 N–H and O–H groups in total. The van der Waals surface area contributed by atoms with Crippen molar-refractivity contribution in [1.82, 2.24) is 0 Å². The molecule has 0 amide bonds. The number of guanidine groups is 1. The van der Waals surface area contributed by atoms with Gasteiger partial charge in [0.2, 0.25) is 0 Å². The van der Waals surface area contributed by atoms with Gasteiger partial charge in [-0.1, -0.05) is 0 Å². The molecule has 0 atom stereocenters. The largest absolute Gasteiger partial charge is 0.478 e. The van der Waals surface area contributed by atoms with Gasteiger partial charge in [-0.3, -0.25) is 10.1 Å². The topological polar surface area (TPSA) is 131 Å². The Balaban J connectivity index is 2.08. The highest BCUT2D eigenvalue weighted by Crippen LogP contribution is 2.18. The van der Waals surface area contributed by atoms with E-state index >= 15 is 0 Å². The maximum atomic E-state index is 10.7. The Morgan fingerprint density at radius 1 is 1.14 bits per heavy atom. The highest BCUT2D eigenvalue weighted by Gasteiger charge is 2.04. The Morgan fingerprint density at radius 3 is 2.23 bits per heavy atom. The summed E-state index contributed by atoms with van der Waals surface area (Å²) in [6.45, 7) is 0. The molecule has 8 nitrogen and oxygen atoms in total. The number of hydrogen-bond donors (Lipinski definition) is 3. The summed E-state index contributed by atoms with van der Waals surface area (Å²) < 4.78 is 0. The first-order valence-corrected chi connectivity index (χ1v) is 6.15. The summed E-state index contributed by atoms with van der Waals surface area (Å²) in [5.74, 6) is -0.934. The second-order valence-corrected chi connectivity index (χ2v) is 4.28. The van der Waals surface area contributed by atoms with E-state index in [-0.39, 0.29) is 17.2 Å². The number of carbonyl (C=O) groups is 1. The van der Waals surface area contributed by atoms with Crippen LogP contribution in [0, 0.1) is 10.1 Å². The third-order valence-corrected chi connectivity index (χ3v) is 2.71. The average molecular weight is 300 g/mol. The van der Waals surface area contributed by atoms with Crippen molar-refractivity contribution in [2.24, 2.45) is 10.7 Å². The number of nitrogens with two attached hydrogens (primary N) is 1. The van der Waals surface area contributed by atoms with Gasteiger partial charge in [-0.25, -0.2) is 9.79 Å². The molecule has 0 saturated carbocycles. The Hall–Kier alpha value is -3.42. The van der Waals surface area contributed by atoms with Crippen molar-refractivity contribution in [3.8, 4) is 0 Å². The second kappa shape index (κ2) is 6.35. The lowest BCUT2D eigenvalue weighted by Gasteiger charge is -2.05. The van der Waals surface area contributed by atoms with E-state index in [1.54, 1.807) is 12.1 Å². The van der Waals surface area contributed by atoms with E-state index in [1.807, 2.05) is 0 Å². The Morgan fingerprint density at radius 2 is 1.73 bits per heavy atom. The van der Waals surface area contributed by atoms with Gasteiger partial charge >= 0.3 is 5.97 Å². The minimum Gasteiger partial charge on any atom is -0.478 e. The molecule has 0 fully saturated rings. The van der Waals surface area contributed by atoms with E-state index in [2.05, 4.69) is 10.3 Å². The Labute approximate surface area is 125 Å². The molecule has 22 heavy (non-hydrogen) atoms. The van der Waals surface area contributed by atoms with Gasteiger partial charge in [0.25, 0.3) is 5.69 Å². The molecule has 2 rings (SSSR count). The first-order valence-electron chi connectivity index (χ1n) is 6.15. The van der Waals surface area contributed by atoms with Gasteiger partial charge in [0.05, 0.1) is 16.2 Å². The van der Waals surface area contributed by atoms with Crippen LogP contribution in [-0.4, -0.2) is 22.0 Å². The van der Waals surface area contributed by atoms with Gasteiger partial charge in [-0.05, 0) is 36.4 Å². The highest BCUT2D eigenvalue weighted by molar-refractivity contribution is 5.95. The lowest BCUT2D eigenvalue weighted by Crippen LogP contribution is -2.21. The van der Waals surface area contributed by atoms with Crippen LogP contribution in [0.5, 0.6) is 0 Å². The van der Waals surface area contributed by atoms with Crippen LogP contribution in [0.4, 0.5) is 17.1 Å². The number of carboxylic acids is 1. The molecule has 0 radical (unpaired) electrons. The van der Waals surface area contributed by atoms with E-state index in [9.17, 15) is 14.9 Å². The molecular weight excluding hydrogens is 288 g/mol. The Kier molecular flexibility index (Phi) is 4.33. The van der Waals surface area contributed by atoms with Crippen molar-refractivity contribution in [2.45, 2.75) is 0 Å². The summed E-state index contributed by atoms with van der Waals surface area (Å²) in [7, 11) is 0. The number of nitro groups is 1. The van der Waals surface area contributed by atoms with Crippen molar-refractivity contribution < 1.29 is 14.8 Å². The standard InChI is InChI=1S/C14H12N4O4/c15-14(16-10-3-1-9(2-4-10)13(19)20)17-11-5-7-12(8-6-11)18(21)22/h1-8H,(H,19,20)(H3,15,16,17). The van der Waals surface area contributed by atoms with E-state index in [4.69, 9.17) is 10.8 Å². The van der Waals surface area contributed by atoms with Gasteiger partial charge in [0, 0.05) is 17.8 Å². The van der Waals surface area contributed by atoms with Crippen LogP contribution in [0.2, 0.25) is 0 Å². The van der Waals surface area contributed by atoms with E-state index in [0.717, 1.165) is 0 Å². The van der Waals surface area contributed by atoms with Crippen molar-refractivity contribution >= 4 is 29.0 Å². The summed E-state index contributed by atoms with van der Waals surface area (Å²) in [6.07, 6.45) is 0. The molecule has 0 aliphatic carbocycles. The zero-order valence-electron chi connectivity index (χ0n) is 11.3. The number of carboxylic acid groups (broad SMARTS) is 1. The molecule has 112 valence electrons. The minimum absolute atomic E-state index is 0.0326. The molecule has 0 saturated heterocycles. The lowest BCUT2D eigenvalue weighted by molar-refractivity contribution is -0.384. The number of non-ortho nitro benzene ring substituents is 1. The zero-order valence-corrected chi connectivity index (χ0v) is 11.3. The number of anilines is 1. The number of aromatic carboxylic acids is 1. The summed E-state index contributed by atoms with van der Waals surface area (Å²) in [5.41, 5.74) is 6.89. The van der Waals surface area contributed by atoms with Crippen LogP contribution in [0.3, 0.4) is 0 Å². The molecule has 0 spiro atoms. The quantitative estimate of drug-likeness (QED) is 0.344. The molecular formula is C14H12N4O4. The Bertz CT molecular complexity index is 724. The number of nitro benzene ring substituents is 1. The second-order valence-electron chi connectivity index (χ2n) is 4.28. The summed E-state index contributed by atoms with van der Waals surface area (Å²) in [5, 5.41) is 22.1. The smallest absolute Gasteiger partial charge is 0.335 e. The van der Waals surface area contributed by atoms with Gasteiger partial charge in [-0.2, -0.15) is 0 Å². The molecule has 0 heterocycles. The fraction of sp³-hybridized carbons (Fsp3) is 0. The van der Waals surface area contributed by atoms with E-state index in [1.165, 1.54) is 36.4 Å². The molecule has 0 aromatic heterocycles. The first-order chi connectivity index (χ1) is 10.5. The van der Waals surface area contributed by atoms with Crippen LogP contribution in [0.15, 0.2) is 53.5 Å². The minimum atomic E-state index is -1.01. The SMILES string of the molecule is NC(=Nc1ccc([N+](=O)[O-])cc1)Nc1ccc(C(=O)O)cc1. The molecule has 2 aromatic carbocycles. The van der Waals surface area contributed by atoms with Gasteiger partial charge in [0.1, 0.15) is 0 Å². The number of hydrogen-bond acceptors (Lipinski definition) is 4. The van der Waals surface area contributed by atoms with Gasteiger partial charge in [0.15, 0.2) is 5.96 Å².